The molecule has 3 heteroatoms. The van der Waals surface area contributed by atoms with Gasteiger partial charge in [0.15, 0.2) is 0 Å². The van der Waals surface area contributed by atoms with Crippen LogP contribution in [-0.4, -0.2) is 23.1 Å². The molecule has 1 amide bonds. The Hall–Kier alpha value is -2.29. The molecule has 3 rings (SSSR count). The van der Waals surface area contributed by atoms with Gasteiger partial charge in [-0.25, -0.2) is 4.79 Å². The van der Waals surface area contributed by atoms with E-state index in [-0.39, 0.29) is 12.1 Å². The van der Waals surface area contributed by atoms with Crippen LogP contribution in [0.15, 0.2) is 60.7 Å². The summed E-state index contributed by atoms with van der Waals surface area (Å²) in [4.78, 5) is 14.6. The van der Waals surface area contributed by atoms with Crippen molar-refractivity contribution in [2.45, 2.75) is 44.8 Å². The predicted molar refractivity (Wildman–Crippen MR) is 95.9 cm³/mol. The van der Waals surface area contributed by atoms with E-state index >= 15 is 0 Å². The Morgan fingerprint density at radius 1 is 0.958 bits per heavy atom. The van der Waals surface area contributed by atoms with Crippen LogP contribution in [0.2, 0.25) is 0 Å². The van der Waals surface area contributed by atoms with Crippen LogP contribution in [0.1, 0.15) is 50.3 Å². The Morgan fingerprint density at radius 2 is 1.50 bits per heavy atom. The molecular weight excluding hydrogens is 298 g/mol. The largest absolute Gasteiger partial charge is 0.444 e. The lowest BCUT2D eigenvalue weighted by atomic mass is 9.94. The van der Waals surface area contributed by atoms with Crippen molar-refractivity contribution in [1.29, 1.82) is 0 Å². The van der Waals surface area contributed by atoms with Crippen LogP contribution in [0.3, 0.4) is 0 Å². The Morgan fingerprint density at radius 3 is 2.04 bits per heavy atom. The fourth-order valence-corrected chi connectivity index (χ4v) is 3.32. The molecule has 3 nitrogen and oxygen atoms in total. The van der Waals surface area contributed by atoms with E-state index in [0.717, 1.165) is 6.42 Å². The maximum Gasteiger partial charge on any atom is 0.410 e. The first-order valence-corrected chi connectivity index (χ1v) is 8.53. The summed E-state index contributed by atoms with van der Waals surface area (Å²) in [5.74, 6) is 0.337. The highest BCUT2D eigenvalue weighted by Crippen LogP contribution is 2.41. The molecule has 1 aliphatic heterocycles. The van der Waals surface area contributed by atoms with Crippen LogP contribution in [-0.2, 0) is 4.74 Å². The molecule has 2 atom stereocenters. The van der Waals surface area contributed by atoms with E-state index in [9.17, 15) is 4.79 Å². The standard InChI is InChI=1S/C21H25NO2/c1-21(2,3)24-20(23)22-15-18(16-10-6-4-7-11-16)14-19(22)17-12-8-5-9-13-17/h4-13,18-19H,14-15H2,1-3H3/t18-,19-/m0/s1. The number of likely N-dealkylation sites (tertiary alicyclic amines) is 1. The van der Waals surface area contributed by atoms with Gasteiger partial charge in [-0.3, -0.25) is 0 Å². The molecule has 126 valence electrons. The van der Waals surface area contributed by atoms with Crippen molar-refractivity contribution in [3.8, 4) is 0 Å². The lowest BCUT2D eigenvalue weighted by Gasteiger charge is -2.28. The number of ether oxygens (including phenoxy) is 1. The molecule has 0 N–H and O–H groups in total. The highest BCUT2D eigenvalue weighted by atomic mass is 16.6. The van der Waals surface area contributed by atoms with Crippen LogP contribution in [0.4, 0.5) is 4.79 Å². The van der Waals surface area contributed by atoms with Gasteiger partial charge in [0.1, 0.15) is 5.60 Å². The molecule has 0 radical (unpaired) electrons. The summed E-state index contributed by atoms with van der Waals surface area (Å²) in [6, 6.07) is 20.7. The van der Waals surface area contributed by atoms with Gasteiger partial charge in [-0.15, -0.1) is 0 Å². The summed E-state index contributed by atoms with van der Waals surface area (Å²) in [5.41, 5.74) is 1.97. The van der Waals surface area contributed by atoms with E-state index in [0.29, 0.717) is 12.5 Å². The Bertz CT molecular complexity index is 676. The minimum Gasteiger partial charge on any atom is -0.444 e. The average molecular weight is 323 g/mol. The van der Waals surface area contributed by atoms with Gasteiger partial charge in [0, 0.05) is 12.5 Å². The van der Waals surface area contributed by atoms with Crippen molar-refractivity contribution in [3.63, 3.8) is 0 Å². The monoisotopic (exact) mass is 323 g/mol. The Labute approximate surface area is 144 Å². The summed E-state index contributed by atoms with van der Waals surface area (Å²) in [6.07, 6.45) is 0.697. The molecule has 2 aromatic carbocycles. The van der Waals surface area contributed by atoms with E-state index < -0.39 is 5.60 Å². The van der Waals surface area contributed by atoms with Crippen LogP contribution in [0.25, 0.3) is 0 Å². The molecule has 0 bridgehead atoms. The molecule has 0 aliphatic carbocycles. The fraction of sp³-hybridized carbons (Fsp3) is 0.381. The number of amides is 1. The van der Waals surface area contributed by atoms with Gasteiger partial charge in [-0.05, 0) is 38.3 Å². The van der Waals surface area contributed by atoms with Crippen LogP contribution in [0, 0.1) is 0 Å². The summed E-state index contributed by atoms with van der Waals surface area (Å²) in [5, 5.41) is 0. The topological polar surface area (TPSA) is 29.5 Å². The van der Waals surface area contributed by atoms with E-state index in [1.54, 1.807) is 0 Å². The second kappa shape index (κ2) is 6.68. The summed E-state index contributed by atoms with van der Waals surface area (Å²) >= 11 is 0. The second-order valence-electron chi connectivity index (χ2n) is 7.40. The lowest BCUT2D eigenvalue weighted by molar-refractivity contribution is 0.0222. The third-order valence-corrected chi connectivity index (χ3v) is 4.38. The minimum absolute atomic E-state index is 0.0613. The van der Waals surface area contributed by atoms with Gasteiger partial charge in [0.2, 0.25) is 0 Å². The first-order valence-electron chi connectivity index (χ1n) is 8.53. The number of hydrogen-bond donors (Lipinski definition) is 0. The number of carbonyl (C=O) groups is 1. The molecule has 1 fully saturated rings. The van der Waals surface area contributed by atoms with Crippen molar-refractivity contribution < 1.29 is 9.53 Å². The first-order chi connectivity index (χ1) is 11.4. The van der Waals surface area contributed by atoms with Gasteiger partial charge in [-0.2, -0.15) is 0 Å². The van der Waals surface area contributed by atoms with Gasteiger partial charge in [0.05, 0.1) is 6.04 Å². The molecule has 0 aromatic heterocycles. The average Bonchev–Trinajstić information content (AvgIpc) is 3.00. The molecular formula is C21H25NO2. The maximum atomic E-state index is 12.7. The summed E-state index contributed by atoms with van der Waals surface area (Å²) < 4.78 is 5.64. The predicted octanol–water partition coefficient (Wildman–Crippen LogP) is 5.15. The third kappa shape index (κ3) is 3.78. The van der Waals surface area contributed by atoms with Crippen molar-refractivity contribution in [2.75, 3.05) is 6.54 Å². The molecule has 0 saturated carbocycles. The Balaban J connectivity index is 1.87. The van der Waals surface area contributed by atoms with Crippen LogP contribution < -0.4 is 0 Å². The molecule has 1 heterocycles. The van der Waals surface area contributed by atoms with Crippen molar-refractivity contribution in [2.24, 2.45) is 0 Å². The van der Waals surface area contributed by atoms with Crippen molar-refractivity contribution in [3.05, 3.63) is 71.8 Å². The molecule has 1 aliphatic rings. The van der Waals surface area contributed by atoms with Gasteiger partial charge in [0.25, 0.3) is 0 Å². The molecule has 2 aromatic rings. The zero-order valence-electron chi connectivity index (χ0n) is 14.6. The van der Waals surface area contributed by atoms with Crippen LogP contribution >= 0.6 is 0 Å². The zero-order valence-corrected chi connectivity index (χ0v) is 14.6. The number of nitrogens with zero attached hydrogens (tertiary/aromatic N) is 1. The second-order valence-corrected chi connectivity index (χ2v) is 7.40. The molecule has 1 saturated heterocycles. The first kappa shape index (κ1) is 16.6. The smallest absolute Gasteiger partial charge is 0.410 e. The lowest BCUT2D eigenvalue weighted by Crippen LogP contribution is -2.36. The van der Waals surface area contributed by atoms with Gasteiger partial charge >= 0.3 is 6.09 Å². The van der Waals surface area contributed by atoms with Gasteiger partial charge < -0.3 is 9.64 Å². The summed E-state index contributed by atoms with van der Waals surface area (Å²) in [6.45, 7) is 6.42. The highest BCUT2D eigenvalue weighted by Gasteiger charge is 2.38. The number of rotatable bonds is 2. The van der Waals surface area contributed by atoms with E-state index in [1.165, 1.54) is 11.1 Å². The minimum atomic E-state index is -0.483. The number of hydrogen-bond acceptors (Lipinski definition) is 2. The molecule has 24 heavy (non-hydrogen) atoms. The number of benzene rings is 2. The maximum absolute atomic E-state index is 12.7. The van der Waals surface area contributed by atoms with E-state index in [2.05, 4.69) is 36.4 Å². The third-order valence-electron chi connectivity index (χ3n) is 4.38. The SMILES string of the molecule is CC(C)(C)OC(=O)N1C[C@@H](c2ccccc2)C[C@H]1c1ccccc1. The Kier molecular flexibility index (Phi) is 4.61. The van der Waals surface area contributed by atoms with Crippen molar-refractivity contribution in [1.82, 2.24) is 4.90 Å². The number of carbonyl (C=O) groups excluding carboxylic acids is 1. The zero-order chi connectivity index (χ0) is 17.2. The molecule has 0 unspecified atom stereocenters. The fourth-order valence-electron chi connectivity index (χ4n) is 3.32. The van der Waals surface area contributed by atoms with Crippen molar-refractivity contribution >= 4 is 6.09 Å². The summed E-state index contributed by atoms with van der Waals surface area (Å²) in [7, 11) is 0. The van der Waals surface area contributed by atoms with E-state index in [1.807, 2.05) is 49.9 Å². The van der Waals surface area contributed by atoms with Gasteiger partial charge in [-0.1, -0.05) is 60.7 Å². The van der Waals surface area contributed by atoms with E-state index in [4.69, 9.17) is 4.74 Å². The normalized spacial score (nSPS) is 20.9. The quantitative estimate of drug-likeness (QED) is 0.764. The highest BCUT2D eigenvalue weighted by molar-refractivity contribution is 5.69. The van der Waals surface area contributed by atoms with Crippen LogP contribution in [0.5, 0.6) is 0 Å². The molecule has 0 spiro atoms.